The van der Waals surface area contributed by atoms with Crippen LogP contribution in [0.2, 0.25) is 5.02 Å². The third kappa shape index (κ3) is 5.29. The van der Waals surface area contributed by atoms with Crippen LogP contribution in [0.25, 0.3) is 11.3 Å². The van der Waals surface area contributed by atoms with Gasteiger partial charge in [-0.3, -0.25) is 14.3 Å². The first kappa shape index (κ1) is 28.0. The van der Waals surface area contributed by atoms with Crippen molar-refractivity contribution in [1.29, 1.82) is 0 Å². The molecule has 5 rings (SSSR count). The van der Waals surface area contributed by atoms with Crippen molar-refractivity contribution >= 4 is 29.1 Å². The second kappa shape index (κ2) is 10.1. The van der Waals surface area contributed by atoms with Gasteiger partial charge >= 0.3 is 6.18 Å². The van der Waals surface area contributed by atoms with Gasteiger partial charge in [-0.05, 0) is 44.1 Å². The fraction of sp³-hybridized carbons (Fsp3) is 0.440. The molecule has 2 fully saturated rings. The van der Waals surface area contributed by atoms with Crippen LogP contribution >= 0.6 is 11.6 Å². The number of rotatable bonds is 6. The summed E-state index contributed by atoms with van der Waals surface area (Å²) >= 11 is 6.36. The molecule has 0 spiro atoms. The van der Waals surface area contributed by atoms with Gasteiger partial charge in [-0.15, -0.1) is 0 Å². The molecule has 40 heavy (non-hydrogen) atoms. The predicted molar refractivity (Wildman–Crippen MR) is 135 cm³/mol. The van der Waals surface area contributed by atoms with E-state index in [9.17, 15) is 31.5 Å². The number of amides is 2. The molecule has 3 heterocycles. The normalized spacial score (nSPS) is 18.9. The average molecular weight is 586 g/mol. The molecule has 2 aliphatic rings. The lowest BCUT2D eigenvalue weighted by Crippen LogP contribution is -2.44. The van der Waals surface area contributed by atoms with Gasteiger partial charge in [0.2, 0.25) is 0 Å². The molecular weight excluding hydrogens is 561 g/mol. The summed E-state index contributed by atoms with van der Waals surface area (Å²) in [5.74, 6) is -4.39. The van der Waals surface area contributed by atoms with E-state index in [1.807, 2.05) is 0 Å². The third-order valence-electron chi connectivity index (χ3n) is 7.21. The Balaban J connectivity index is 1.34. The van der Waals surface area contributed by atoms with Crippen LogP contribution in [0.3, 0.4) is 0 Å². The zero-order chi connectivity index (χ0) is 29.0. The summed E-state index contributed by atoms with van der Waals surface area (Å²) in [5.41, 5.74) is -1.47. The first-order chi connectivity index (χ1) is 18.8. The van der Waals surface area contributed by atoms with E-state index in [1.165, 1.54) is 25.2 Å². The van der Waals surface area contributed by atoms with Crippen LogP contribution < -0.4 is 10.6 Å². The Kier molecular flexibility index (Phi) is 7.11. The predicted octanol–water partition coefficient (Wildman–Crippen LogP) is 4.61. The maximum Gasteiger partial charge on any atom is 0.435 e. The number of hydrogen-bond acceptors (Lipinski definition) is 5. The van der Waals surface area contributed by atoms with Gasteiger partial charge in [0.05, 0.1) is 28.0 Å². The summed E-state index contributed by atoms with van der Waals surface area (Å²) in [5, 5.41) is 9.30. The lowest BCUT2D eigenvalue weighted by Gasteiger charge is -2.32. The third-order valence-corrected chi connectivity index (χ3v) is 7.53. The number of hydrogen-bond donors (Lipinski definition) is 2. The molecular formula is C25H25ClF5N7O2. The van der Waals surface area contributed by atoms with Crippen molar-refractivity contribution in [3.8, 4) is 11.3 Å². The van der Waals surface area contributed by atoms with Gasteiger partial charge < -0.3 is 20.1 Å². The molecule has 1 aliphatic carbocycles. The van der Waals surface area contributed by atoms with Gasteiger partial charge in [0.15, 0.2) is 11.5 Å². The highest BCUT2D eigenvalue weighted by atomic mass is 35.5. The Bertz CT molecular complexity index is 1460. The molecule has 2 N–H and O–H groups in total. The minimum Gasteiger partial charge on any atom is -0.339 e. The molecule has 1 aliphatic heterocycles. The smallest absolute Gasteiger partial charge is 0.339 e. The SMILES string of the molecule is CN(C(=O)c1ccc(NC(=O)c2ncc(-c3cn(C4CC4(F)F)nc3C(F)(F)F)n2C)cc1Cl)C1CCNCC1. The van der Waals surface area contributed by atoms with Crippen molar-refractivity contribution in [2.75, 3.05) is 25.5 Å². The molecule has 1 atom stereocenters. The molecule has 3 aromatic rings. The summed E-state index contributed by atoms with van der Waals surface area (Å²) in [6, 6.07) is 2.98. The summed E-state index contributed by atoms with van der Waals surface area (Å²) < 4.78 is 69.7. The lowest BCUT2D eigenvalue weighted by atomic mass is 10.0. The summed E-state index contributed by atoms with van der Waals surface area (Å²) in [6.45, 7) is 1.62. The Morgan fingerprint density at radius 2 is 1.90 bits per heavy atom. The van der Waals surface area contributed by atoms with Crippen LogP contribution in [0.1, 0.15) is 52.0 Å². The van der Waals surface area contributed by atoms with Crippen LogP contribution in [0.15, 0.2) is 30.6 Å². The molecule has 1 aromatic carbocycles. The van der Waals surface area contributed by atoms with Crippen LogP contribution in [0, 0.1) is 0 Å². The van der Waals surface area contributed by atoms with E-state index >= 15 is 0 Å². The quantitative estimate of drug-likeness (QED) is 0.412. The fourth-order valence-electron chi connectivity index (χ4n) is 4.81. The number of nitrogens with zero attached hydrogens (tertiary/aromatic N) is 5. The maximum absolute atomic E-state index is 13.7. The molecule has 1 saturated heterocycles. The molecule has 2 aromatic heterocycles. The topological polar surface area (TPSA) is 97.1 Å². The second-order valence-corrected chi connectivity index (χ2v) is 10.3. The zero-order valence-electron chi connectivity index (χ0n) is 21.4. The molecule has 15 heteroatoms. The van der Waals surface area contributed by atoms with Gasteiger partial charge in [0.1, 0.15) is 6.04 Å². The highest BCUT2D eigenvalue weighted by Crippen LogP contribution is 2.53. The number of alkyl halides is 5. The summed E-state index contributed by atoms with van der Waals surface area (Å²) in [7, 11) is 3.04. The van der Waals surface area contributed by atoms with Gasteiger partial charge in [-0.1, -0.05) is 11.6 Å². The van der Waals surface area contributed by atoms with Gasteiger partial charge in [-0.25, -0.2) is 13.8 Å². The molecule has 214 valence electrons. The minimum atomic E-state index is -4.92. The van der Waals surface area contributed by atoms with Crippen LogP contribution in [-0.4, -0.2) is 68.1 Å². The second-order valence-electron chi connectivity index (χ2n) is 9.92. The molecule has 0 radical (unpaired) electrons. The molecule has 1 unspecified atom stereocenters. The molecule has 0 bridgehead atoms. The van der Waals surface area contributed by atoms with Gasteiger partial charge in [-0.2, -0.15) is 18.3 Å². The van der Waals surface area contributed by atoms with Gasteiger partial charge in [0.25, 0.3) is 17.7 Å². The fourth-order valence-corrected chi connectivity index (χ4v) is 5.07. The molecule has 9 nitrogen and oxygen atoms in total. The molecule has 2 amide bonds. The van der Waals surface area contributed by atoms with E-state index in [0.717, 1.165) is 42.9 Å². The summed E-state index contributed by atoms with van der Waals surface area (Å²) in [6.07, 6.45) is -1.96. The van der Waals surface area contributed by atoms with E-state index in [1.54, 1.807) is 11.9 Å². The Labute approximate surface area is 230 Å². The summed E-state index contributed by atoms with van der Waals surface area (Å²) in [4.78, 5) is 31.5. The number of carbonyl (C=O) groups excluding carboxylic acids is 2. The van der Waals surface area contributed by atoms with E-state index < -0.39 is 41.7 Å². The minimum absolute atomic E-state index is 0.0764. The lowest BCUT2D eigenvalue weighted by molar-refractivity contribution is -0.141. The monoisotopic (exact) mass is 585 g/mol. The Morgan fingerprint density at radius 3 is 2.50 bits per heavy atom. The number of aromatic nitrogens is 4. The number of piperidine rings is 1. The Hall–Kier alpha value is -3.52. The average Bonchev–Trinajstić information content (AvgIpc) is 3.21. The number of carbonyl (C=O) groups is 2. The van der Waals surface area contributed by atoms with Crippen molar-refractivity contribution in [3.63, 3.8) is 0 Å². The molecule has 1 saturated carbocycles. The number of benzene rings is 1. The van der Waals surface area contributed by atoms with Crippen molar-refractivity contribution in [2.24, 2.45) is 7.05 Å². The van der Waals surface area contributed by atoms with Crippen LogP contribution in [0.5, 0.6) is 0 Å². The number of nitrogens with one attached hydrogen (secondary N) is 2. The number of anilines is 1. The van der Waals surface area contributed by atoms with Gasteiger partial charge in [0, 0.05) is 38.4 Å². The zero-order valence-corrected chi connectivity index (χ0v) is 22.2. The first-order valence-corrected chi connectivity index (χ1v) is 12.8. The van der Waals surface area contributed by atoms with Crippen molar-refractivity contribution in [3.05, 3.63) is 52.7 Å². The van der Waals surface area contributed by atoms with E-state index in [-0.39, 0.29) is 39.7 Å². The maximum atomic E-state index is 13.7. The highest BCUT2D eigenvalue weighted by Gasteiger charge is 2.59. The Morgan fingerprint density at radius 1 is 1.23 bits per heavy atom. The van der Waals surface area contributed by atoms with Crippen molar-refractivity contribution in [1.82, 2.24) is 29.5 Å². The van der Waals surface area contributed by atoms with E-state index in [0.29, 0.717) is 4.68 Å². The van der Waals surface area contributed by atoms with Crippen LogP contribution in [-0.2, 0) is 13.2 Å². The van der Waals surface area contributed by atoms with E-state index in [4.69, 9.17) is 11.6 Å². The number of imidazole rings is 1. The highest BCUT2D eigenvalue weighted by molar-refractivity contribution is 6.34. The number of halogens is 6. The largest absolute Gasteiger partial charge is 0.435 e. The van der Waals surface area contributed by atoms with E-state index in [2.05, 4.69) is 20.7 Å². The van der Waals surface area contributed by atoms with Crippen molar-refractivity contribution in [2.45, 2.75) is 43.4 Å². The van der Waals surface area contributed by atoms with Crippen molar-refractivity contribution < 1.29 is 31.5 Å². The first-order valence-electron chi connectivity index (χ1n) is 12.4. The van der Waals surface area contributed by atoms with Crippen LogP contribution in [0.4, 0.5) is 27.6 Å². The standard InChI is InChI=1S/C25H25ClF5N7O2/c1-36(14-5-7-32-8-6-14)23(40)15-4-3-13(9-17(15)26)34-22(39)21-33-11-18(37(21)2)16-12-38(19-10-24(19,27)28)35-20(16)25(29,30)31/h3-4,9,11-12,14,19,32H,5-8,10H2,1-2H3,(H,34,39).